The highest BCUT2D eigenvalue weighted by Crippen LogP contribution is 2.05. The van der Waals surface area contributed by atoms with Gasteiger partial charge in [0.15, 0.2) is 5.78 Å². The quantitative estimate of drug-likeness (QED) is 0.745. The average molecular weight is 245 g/mol. The molecule has 1 heterocycles. The third-order valence-corrected chi connectivity index (χ3v) is 2.76. The second-order valence-corrected chi connectivity index (χ2v) is 4.14. The van der Waals surface area contributed by atoms with Crippen LogP contribution in [0.1, 0.15) is 23.2 Å². The molecule has 0 saturated heterocycles. The maximum absolute atomic E-state index is 11.8. The lowest BCUT2D eigenvalue weighted by Gasteiger charge is -2.01. The molecule has 0 aliphatic heterocycles. The second-order valence-electron chi connectivity index (χ2n) is 4.14. The van der Waals surface area contributed by atoms with E-state index in [1.807, 2.05) is 18.2 Å². The number of carbonyl (C=O) groups is 1. The van der Waals surface area contributed by atoms with E-state index in [9.17, 15) is 9.59 Å². The third-order valence-electron chi connectivity index (χ3n) is 2.76. The van der Waals surface area contributed by atoms with E-state index in [0.29, 0.717) is 24.9 Å². The van der Waals surface area contributed by atoms with Crippen LogP contribution in [0.5, 0.6) is 0 Å². The standard InChI is InChI=1S/C13H15N3O2/c1-15-10-14-16(13(15)18)9-5-8-12(17)11-6-3-2-4-7-11/h2-4,6-7,10H,5,8-9H2,1H3. The van der Waals surface area contributed by atoms with Crippen molar-refractivity contribution in [2.24, 2.45) is 7.05 Å². The SMILES string of the molecule is Cn1cnn(CCCC(=O)c2ccccc2)c1=O. The molecule has 0 fully saturated rings. The molecule has 0 saturated carbocycles. The number of carbonyl (C=O) groups excluding carboxylic acids is 1. The van der Waals surface area contributed by atoms with Crippen LogP contribution in [0.15, 0.2) is 41.5 Å². The fourth-order valence-corrected chi connectivity index (χ4v) is 1.73. The Hall–Kier alpha value is -2.17. The van der Waals surface area contributed by atoms with Crippen molar-refractivity contribution in [2.45, 2.75) is 19.4 Å². The second kappa shape index (κ2) is 5.44. The van der Waals surface area contributed by atoms with Gasteiger partial charge in [0.1, 0.15) is 6.33 Å². The summed E-state index contributed by atoms with van der Waals surface area (Å²) in [7, 11) is 1.65. The van der Waals surface area contributed by atoms with Crippen molar-refractivity contribution in [1.82, 2.24) is 14.3 Å². The van der Waals surface area contributed by atoms with Gasteiger partial charge in [0.05, 0.1) is 0 Å². The minimum Gasteiger partial charge on any atom is -0.294 e. The van der Waals surface area contributed by atoms with E-state index in [2.05, 4.69) is 5.10 Å². The van der Waals surface area contributed by atoms with Crippen LogP contribution in [-0.2, 0) is 13.6 Å². The summed E-state index contributed by atoms with van der Waals surface area (Å²) in [5.41, 5.74) is 0.563. The molecule has 2 aromatic rings. The van der Waals surface area contributed by atoms with Gasteiger partial charge in [-0.2, -0.15) is 5.10 Å². The summed E-state index contributed by atoms with van der Waals surface area (Å²) in [6.07, 6.45) is 2.51. The highest BCUT2D eigenvalue weighted by atomic mass is 16.2. The fourth-order valence-electron chi connectivity index (χ4n) is 1.73. The summed E-state index contributed by atoms with van der Waals surface area (Å²) in [5.74, 6) is 0.0968. The minimum atomic E-state index is -0.151. The van der Waals surface area contributed by atoms with Crippen molar-refractivity contribution in [2.75, 3.05) is 0 Å². The van der Waals surface area contributed by atoms with Gasteiger partial charge < -0.3 is 0 Å². The molecule has 0 spiro atoms. The molecular weight excluding hydrogens is 230 g/mol. The van der Waals surface area contributed by atoms with E-state index >= 15 is 0 Å². The smallest absolute Gasteiger partial charge is 0.294 e. The molecule has 0 N–H and O–H groups in total. The first-order valence-corrected chi connectivity index (χ1v) is 5.85. The molecule has 1 aromatic heterocycles. The van der Waals surface area contributed by atoms with Crippen LogP contribution in [0.2, 0.25) is 0 Å². The van der Waals surface area contributed by atoms with Crippen LogP contribution in [0.4, 0.5) is 0 Å². The van der Waals surface area contributed by atoms with Crippen LogP contribution in [0.25, 0.3) is 0 Å². The Balaban J connectivity index is 1.88. The van der Waals surface area contributed by atoms with Gasteiger partial charge in [-0.05, 0) is 6.42 Å². The topological polar surface area (TPSA) is 56.9 Å². The van der Waals surface area contributed by atoms with E-state index in [1.165, 1.54) is 15.6 Å². The van der Waals surface area contributed by atoms with Crippen molar-refractivity contribution >= 4 is 5.78 Å². The third kappa shape index (κ3) is 2.74. The van der Waals surface area contributed by atoms with Gasteiger partial charge in [-0.3, -0.25) is 9.36 Å². The van der Waals surface area contributed by atoms with E-state index in [1.54, 1.807) is 19.2 Å². The molecule has 2 rings (SSSR count). The van der Waals surface area contributed by atoms with Crippen LogP contribution in [-0.4, -0.2) is 20.1 Å². The zero-order valence-electron chi connectivity index (χ0n) is 10.2. The Bertz CT molecular complexity index is 584. The number of hydrogen-bond donors (Lipinski definition) is 0. The molecule has 0 aliphatic rings. The van der Waals surface area contributed by atoms with Crippen molar-refractivity contribution in [3.05, 3.63) is 52.7 Å². The highest BCUT2D eigenvalue weighted by Gasteiger charge is 2.06. The Labute approximate surface area is 105 Å². The zero-order valence-corrected chi connectivity index (χ0v) is 10.2. The van der Waals surface area contributed by atoms with Crippen molar-refractivity contribution in [3.63, 3.8) is 0 Å². The summed E-state index contributed by atoms with van der Waals surface area (Å²) in [4.78, 5) is 23.3. The molecule has 0 atom stereocenters. The average Bonchev–Trinajstić information content (AvgIpc) is 2.71. The Morgan fingerprint density at radius 1 is 1.28 bits per heavy atom. The first-order chi connectivity index (χ1) is 8.68. The van der Waals surface area contributed by atoms with E-state index < -0.39 is 0 Å². The molecule has 18 heavy (non-hydrogen) atoms. The molecular formula is C13H15N3O2. The number of aryl methyl sites for hydroxylation is 2. The van der Waals surface area contributed by atoms with E-state index in [0.717, 1.165) is 0 Å². The van der Waals surface area contributed by atoms with Gasteiger partial charge in [0, 0.05) is 25.6 Å². The monoisotopic (exact) mass is 245 g/mol. The lowest BCUT2D eigenvalue weighted by Crippen LogP contribution is -2.23. The number of rotatable bonds is 5. The minimum absolute atomic E-state index is 0.0968. The molecule has 0 unspecified atom stereocenters. The van der Waals surface area contributed by atoms with Crippen molar-refractivity contribution in [1.29, 1.82) is 0 Å². The maximum Gasteiger partial charge on any atom is 0.345 e. The molecule has 5 nitrogen and oxygen atoms in total. The van der Waals surface area contributed by atoms with E-state index in [-0.39, 0.29) is 11.5 Å². The van der Waals surface area contributed by atoms with Gasteiger partial charge in [-0.15, -0.1) is 0 Å². The molecule has 0 bridgehead atoms. The lowest BCUT2D eigenvalue weighted by atomic mass is 10.1. The lowest BCUT2D eigenvalue weighted by molar-refractivity contribution is 0.0978. The van der Waals surface area contributed by atoms with E-state index in [4.69, 9.17) is 0 Å². The fraction of sp³-hybridized carbons (Fsp3) is 0.308. The Morgan fingerprint density at radius 2 is 2.00 bits per heavy atom. The predicted molar refractivity (Wildman–Crippen MR) is 67.5 cm³/mol. The summed E-state index contributed by atoms with van der Waals surface area (Å²) in [6.45, 7) is 0.470. The van der Waals surface area contributed by atoms with Crippen molar-refractivity contribution in [3.8, 4) is 0 Å². The number of nitrogens with zero attached hydrogens (tertiary/aromatic N) is 3. The maximum atomic E-state index is 11.8. The molecule has 0 aliphatic carbocycles. The number of ketones is 1. The van der Waals surface area contributed by atoms with Gasteiger partial charge in [-0.25, -0.2) is 9.48 Å². The molecule has 0 amide bonds. The van der Waals surface area contributed by atoms with Gasteiger partial charge in [0.2, 0.25) is 0 Å². The van der Waals surface area contributed by atoms with Crippen LogP contribution < -0.4 is 5.69 Å². The normalized spacial score (nSPS) is 10.5. The van der Waals surface area contributed by atoms with Crippen LogP contribution in [0, 0.1) is 0 Å². The van der Waals surface area contributed by atoms with Gasteiger partial charge in [0.25, 0.3) is 0 Å². The molecule has 1 aromatic carbocycles. The van der Waals surface area contributed by atoms with Crippen LogP contribution >= 0.6 is 0 Å². The largest absolute Gasteiger partial charge is 0.345 e. The summed E-state index contributed by atoms with van der Waals surface area (Å²) in [5, 5.41) is 3.94. The summed E-state index contributed by atoms with van der Waals surface area (Å²) in [6, 6.07) is 9.17. The number of Topliss-reactive ketones (excluding diaryl/α,β-unsaturated/α-hetero) is 1. The van der Waals surface area contributed by atoms with Crippen LogP contribution in [0.3, 0.4) is 0 Å². The van der Waals surface area contributed by atoms with Gasteiger partial charge in [-0.1, -0.05) is 30.3 Å². The number of aromatic nitrogens is 3. The first kappa shape index (κ1) is 12.3. The Morgan fingerprint density at radius 3 is 2.61 bits per heavy atom. The first-order valence-electron chi connectivity index (χ1n) is 5.85. The summed E-state index contributed by atoms with van der Waals surface area (Å²) >= 11 is 0. The Kier molecular flexibility index (Phi) is 3.72. The number of benzene rings is 1. The molecule has 94 valence electrons. The molecule has 0 radical (unpaired) electrons. The molecule has 5 heteroatoms. The summed E-state index contributed by atoms with van der Waals surface area (Å²) < 4.78 is 2.79. The number of hydrogen-bond acceptors (Lipinski definition) is 3. The van der Waals surface area contributed by atoms with Crippen molar-refractivity contribution < 1.29 is 4.79 Å². The zero-order chi connectivity index (χ0) is 13.0. The highest BCUT2D eigenvalue weighted by molar-refractivity contribution is 5.95. The van der Waals surface area contributed by atoms with Gasteiger partial charge >= 0.3 is 5.69 Å². The predicted octanol–water partition coefficient (Wildman–Crippen LogP) is 1.24.